The minimum atomic E-state index is -0.624. The number of hydrogen-bond donors (Lipinski definition) is 3. The van der Waals surface area contributed by atoms with Gasteiger partial charge in [-0.15, -0.1) is 0 Å². The molecule has 4 heteroatoms. The zero-order valence-electron chi connectivity index (χ0n) is 7.42. The van der Waals surface area contributed by atoms with Crippen molar-refractivity contribution in [3.63, 3.8) is 0 Å². The lowest BCUT2D eigenvalue weighted by atomic mass is 10.0. The third-order valence-corrected chi connectivity index (χ3v) is 1.99. The molecule has 1 atom stereocenters. The van der Waals surface area contributed by atoms with E-state index in [2.05, 4.69) is 0 Å². The average molecular weight is 184 g/mol. The van der Waals surface area contributed by atoms with E-state index in [9.17, 15) is 9.50 Å². The van der Waals surface area contributed by atoms with Crippen LogP contribution in [0.4, 0.5) is 4.39 Å². The highest BCUT2D eigenvalue weighted by Crippen LogP contribution is 2.27. The quantitative estimate of drug-likeness (QED) is 0.636. The molecule has 1 aromatic carbocycles. The van der Waals surface area contributed by atoms with Gasteiger partial charge in [-0.25, -0.2) is 4.39 Å². The first-order valence-electron chi connectivity index (χ1n) is 4.01. The fourth-order valence-electron chi connectivity index (χ4n) is 1.11. The smallest absolute Gasteiger partial charge is 0.168 e. The van der Waals surface area contributed by atoms with Crippen LogP contribution in [0.5, 0.6) is 5.75 Å². The Bertz CT molecular complexity index is 315. The minimum Gasteiger partial charge on any atom is -0.505 e. The van der Waals surface area contributed by atoms with Gasteiger partial charge in [0, 0.05) is 18.2 Å². The number of aryl methyl sites for hydroxylation is 1. The summed E-state index contributed by atoms with van der Waals surface area (Å²) in [6, 6.07) is 2.64. The lowest BCUT2D eigenvalue weighted by Gasteiger charge is -2.12. The second kappa shape index (κ2) is 3.72. The Balaban J connectivity index is 3.18. The Morgan fingerprint density at radius 1 is 1.54 bits per heavy atom. The molecule has 13 heavy (non-hydrogen) atoms. The van der Waals surface area contributed by atoms with Gasteiger partial charge in [0.15, 0.2) is 11.6 Å². The summed E-state index contributed by atoms with van der Waals surface area (Å²) in [6.07, 6.45) is 0. The summed E-state index contributed by atoms with van der Waals surface area (Å²) in [5, 5.41) is 9.37. The molecule has 0 unspecified atom stereocenters. The Morgan fingerprint density at radius 2 is 2.15 bits per heavy atom. The van der Waals surface area contributed by atoms with Crippen LogP contribution in [-0.4, -0.2) is 11.7 Å². The molecule has 5 N–H and O–H groups in total. The van der Waals surface area contributed by atoms with Crippen molar-refractivity contribution in [2.24, 2.45) is 11.5 Å². The predicted octanol–water partition coefficient (Wildman–Crippen LogP) is 0.798. The van der Waals surface area contributed by atoms with Gasteiger partial charge in [0.25, 0.3) is 0 Å². The first kappa shape index (κ1) is 9.95. The van der Waals surface area contributed by atoms with Crippen molar-refractivity contribution in [3.8, 4) is 5.75 Å². The van der Waals surface area contributed by atoms with Gasteiger partial charge in [-0.05, 0) is 12.5 Å². The molecule has 0 bridgehead atoms. The van der Waals surface area contributed by atoms with E-state index in [1.807, 2.05) is 0 Å². The maximum atomic E-state index is 13.1. The molecule has 0 radical (unpaired) electrons. The van der Waals surface area contributed by atoms with Crippen LogP contribution in [0.25, 0.3) is 0 Å². The largest absolute Gasteiger partial charge is 0.505 e. The molecule has 0 aromatic heterocycles. The lowest BCUT2D eigenvalue weighted by Crippen LogP contribution is -2.21. The molecule has 0 heterocycles. The number of halogens is 1. The SMILES string of the molecule is Cc1ccc([C@H](N)CN)c(O)c1F. The third-order valence-electron chi connectivity index (χ3n) is 1.99. The molecule has 0 fully saturated rings. The van der Waals surface area contributed by atoms with Gasteiger partial charge < -0.3 is 16.6 Å². The summed E-state index contributed by atoms with van der Waals surface area (Å²) < 4.78 is 13.1. The summed E-state index contributed by atoms with van der Waals surface area (Å²) in [6.45, 7) is 1.75. The summed E-state index contributed by atoms with van der Waals surface area (Å²) in [4.78, 5) is 0. The van der Waals surface area contributed by atoms with Crippen molar-refractivity contribution >= 4 is 0 Å². The van der Waals surface area contributed by atoms with E-state index < -0.39 is 17.6 Å². The number of benzene rings is 1. The van der Waals surface area contributed by atoms with Gasteiger partial charge in [0.2, 0.25) is 0 Å². The van der Waals surface area contributed by atoms with Crippen molar-refractivity contribution in [1.82, 2.24) is 0 Å². The fourth-order valence-corrected chi connectivity index (χ4v) is 1.11. The Hall–Kier alpha value is -1.13. The number of nitrogens with two attached hydrogens (primary N) is 2. The Labute approximate surface area is 76.2 Å². The molecule has 0 spiro atoms. The van der Waals surface area contributed by atoms with E-state index in [-0.39, 0.29) is 6.54 Å². The number of rotatable bonds is 2. The van der Waals surface area contributed by atoms with Gasteiger partial charge in [-0.2, -0.15) is 0 Å². The minimum absolute atomic E-state index is 0.177. The standard InChI is InChI=1S/C9H13FN2O/c1-5-2-3-6(7(12)4-11)9(13)8(5)10/h2-3,7,13H,4,11-12H2,1H3/t7-/m1/s1. The summed E-state index contributed by atoms with van der Waals surface area (Å²) in [5.74, 6) is -1.01. The maximum absolute atomic E-state index is 13.1. The van der Waals surface area contributed by atoms with E-state index in [0.29, 0.717) is 11.1 Å². The Kier molecular flexibility index (Phi) is 2.85. The predicted molar refractivity (Wildman–Crippen MR) is 48.8 cm³/mol. The maximum Gasteiger partial charge on any atom is 0.168 e. The molecule has 1 aromatic rings. The van der Waals surface area contributed by atoms with E-state index in [1.165, 1.54) is 0 Å². The molecular formula is C9H13FN2O. The highest BCUT2D eigenvalue weighted by atomic mass is 19.1. The van der Waals surface area contributed by atoms with Gasteiger partial charge in [0.1, 0.15) is 0 Å². The van der Waals surface area contributed by atoms with Crippen molar-refractivity contribution in [1.29, 1.82) is 0 Å². The summed E-state index contributed by atoms with van der Waals surface area (Å²) in [7, 11) is 0. The molecule has 0 saturated heterocycles. The zero-order chi connectivity index (χ0) is 10.0. The van der Waals surface area contributed by atoms with Crippen LogP contribution >= 0.6 is 0 Å². The monoisotopic (exact) mass is 184 g/mol. The average Bonchev–Trinajstić information content (AvgIpc) is 2.13. The first-order chi connectivity index (χ1) is 6.07. The van der Waals surface area contributed by atoms with Crippen molar-refractivity contribution < 1.29 is 9.50 Å². The van der Waals surface area contributed by atoms with Gasteiger partial charge in [0.05, 0.1) is 0 Å². The van der Waals surface area contributed by atoms with Crippen LogP contribution < -0.4 is 11.5 Å². The summed E-state index contributed by atoms with van der Waals surface area (Å²) >= 11 is 0. The molecule has 3 nitrogen and oxygen atoms in total. The van der Waals surface area contributed by atoms with E-state index in [1.54, 1.807) is 19.1 Å². The topological polar surface area (TPSA) is 72.3 Å². The highest BCUT2D eigenvalue weighted by molar-refractivity contribution is 5.39. The number of hydrogen-bond acceptors (Lipinski definition) is 3. The van der Waals surface area contributed by atoms with Gasteiger partial charge in [-0.3, -0.25) is 0 Å². The van der Waals surface area contributed by atoms with Crippen LogP contribution in [0, 0.1) is 12.7 Å². The molecule has 0 amide bonds. The van der Waals surface area contributed by atoms with Crippen molar-refractivity contribution in [2.45, 2.75) is 13.0 Å². The number of aromatic hydroxyl groups is 1. The normalized spacial score (nSPS) is 12.9. The van der Waals surface area contributed by atoms with Gasteiger partial charge in [-0.1, -0.05) is 12.1 Å². The first-order valence-corrected chi connectivity index (χ1v) is 4.01. The molecule has 0 aliphatic rings. The highest BCUT2D eigenvalue weighted by Gasteiger charge is 2.14. The van der Waals surface area contributed by atoms with Crippen LogP contribution in [0.1, 0.15) is 17.2 Å². The van der Waals surface area contributed by atoms with Crippen molar-refractivity contribution in [3.05, 3.63) is 29.1 Å². The van der Waals surface area contributed by atoms with Crippen LogP contribution in [0.3, 0.4) is 0 Å². The number of phenolic OH excluding ortho intramolecular Hbond substituents is 1. The van der Waals surface area contributed by atoms with E-state index in [0.717, 1.165) is 0 Å². The molecule has 0 saturated carbocycles. The van der Waals surface area contributed by atoms with Crippen molar-refractivity contribution in [2.75, 3.05) is 6.54 Å². The second-order valence-corrected chi connectivity index (χ2v) is 2.98. The molecule has 0 aliphatic carbocycles. The molecular weight excluding hydrogens is 171 g/mol. The Morgan fingerprint density at radius 3 is 2.69 bits per heavy atom. The molecule has 0 aliphatic heterocycles. The van der Waals surface area contributed by atoms with Crippen LogP contribution in [0.15, 0.2) is 12.1 Å². The molecule has 72 valence electrons. The zero-order valence-corrected chi connectivity index (χ0v) is 7.42. The second-order valence-electron chi connectivity index (χ2n) is 2.98. The van der Waals surface area contributed by atoms with Crippen LogP contribution in [0.2, 0.25) is 0 Å². The fraction of sp³-hybridized carbons (Fsp3) is 0.333. The summed E-state index contributed by atoms with van der Waals surface area (Å²) in [5.41, 5.74) is 11.6. The molecule has 1 rings (SSSR count). The number of phenols is 1. The van der Waals surface area contributed by atoms with E-state index in [4.69, 9.17) is 11.5 Å². The van der Waals surface area contributed by atoms with E-state index >= 15 is 0 Å². The lowest BCUT2D eigenvalue weighted by molar-refractivity contribution is 0.419. The third kappa shape index (κ3) is 1.79. The van der Waals surface area contributed by atoms with Gasteiger partial charge >= 0.3 is 0 Å². The van der Waals surface area contributed by atoms with Crippen LogP contribution in [-0.2, 0) is 0 Å².